The summed E-state index contributed by atoms with van der Waals surface area (Å²) in [4.78, 5) is 28.8. The molecule has 2 aromatic carbocycles. The van der Waals surface area contributed by atoms with Gasteiger partial charge in [0.05, 0.1) is 10.4 Å². The van der Waals surface area contributed by atoms with E-state index in [0.717, 1.165) is 5.69 Å². The highest BCUT2D eigenvalue weighted by Gasteiger charge is 2.33. The van der Waals surface area contributed by atoms with Gasteiger partial charge in [0.15, 0.2) is 5.58 Å². The van der Waals surface area contributed by atoms with Crippen molar-refractivity contribution < 1.29 is 17.6 Å². The van der Waals surface area contributed by atoms with E-state index in [-0.39, 0.29) is 22.3 Å². The van der Waals surface area contributed by atoms with Gasteiger partial charge in [-0.05, 0) is 36.2 Å². The van der Waals surface area contributed by atoms with Crippen LogP contribution in [0.4, 0.5) is 5.69 Å². The molecule has 0 radical (unpaired) electrons. The Morgan fingerprint density at radius 1 is 1.09 bits per heavy atom. The molecule has 0 aliphatic carbocycles. The van der Waals surface area contributed by atoms with Gasteiger partial charge in [-0.25, -0.2) is 13.2 Å². The molecule has 3 aromatic rings. The van der Waals surface area contributed by atoms with Crippen LogP contribution in [0, 0.1) is 5.92 Å². The molecule has 4 rings (SSSR count). The molecule has 1 amide bonds. The molecule has 1 fully saturated rings. The maximum absolute atomic E-state index is 13.3. The summed E-state index contributed by atoms with van der Waals surface area (Å²) in [7, 11) is -2.49. The number of amides is 1. The number of halogens is 1. The lowest BCUT2D eigenvalue weighted by Gasteiger charge is -2.38. The van der Waals surface area contributed by atoms with Crippen molar-refractivity contribution >= 4 is 44.3 Å². The van der Waals surface area contributed by atoms with Crippen LogP contribution in [0.3, 0.4) is 0 Å². The summed E-state index contributed by atoms with van der Waals surface area (Å²) >= 11 is 6.09. The number of piperazine rings is 1. The Hall–Kier alpha value is -2.82. The second-order valence-corrected chi connectivity index (χ2v) is 10.8. The third-order valence-corrected chi connectivity index (χ3v) is 7.73. The number of benzene rings is 2. The molecule has 1 aliphatic heterocycles. The summed E-state index contributed by atoms with van der Waals surface area (Å²) in [5.74, 6) is -1.12. The van der Waals surface area contributed by atoms with E-state index >= 15 is 0 Å². The van der Waals surface area contributed by atoms with Crippen molar-refractivity contribution in [1.29, 1.82) is 0 Å². The molecule has 0 saturated carbocycles. The van der Waals surface area contributed by atoms with Gasteiger partial charge in [-0.1, -0.05) is 31.5 Å². The van der Waals surface area contributed by atoms with Gasteiger partial charge in [0, 0.05) is 50.0 Å². The van der Waals surface area contributed by atoms with Crippen LogP contribution in [0.25, 0.3) is 11.1 Å². The van der Waals surface area contributed by atoms with Crippen LogP contribution >= 0.6 is 11.6 Å². The quantitative estimate of drug-likeness (QED) is 0.550. The van der Waals surface area contributed by atoms with Crippen LogP contribution in [-0.2, 0) is 21.9 Å². The first-order valence-electron chi connectivity index (χ1n) is 11.0. The Balaban J connectivity index is 1.48. The summed E-state index contributed by atoms with van der Waals surface area (Å²) in [6.07, 6.45) is 0. The molecule has 1 atom stereocenters. The second kappa shape index (κ2) is 9.44. The topological polar surface area (TPSA) is 105 Å². The number of anilines is 1. The van der Waals surface area contributed by atoms with E-state index in [1.54, 1.807) is 25.8 Å². The lowest BCUT2D eigenvalue weighted by Crippen LogP contribution is -2.56. The van der Waals surface area contributed by atoms with E-state index in [1.807, 2.05) is 24.3 Å². The molecule has 182 valence electrons. The van der Waals surface area contributed by atoms with Crippen LogP contribution in [0.15, 0.2) is 56.6 Å². The molecule has 1 aromatic heterocycles. The van der Waals surface area contributed by atoms with Crippen LogP contribution in [0.5, 0.6) is 0 Å². The van der Waals surface area contributed by atoms with Gasteiger partial charge >= 0.3 is 5.76 Å². The largest absolute Gasteiger partial charge is 0.419 e. The van der Waals surface area contributed by atoms with E-state index in [0.29, 0.717) is 36.7 Å². The van der Waals surface area contributed by atoms with Crippen molar-refractivity contribution in [3.8, 4) is 0 Å². The Labute approximate surface area is 202 Å². The second-order valence-electron chi connectivity index (χ2n) is 8.69. The van der Waals surface area contributed by atoms with Gasteiger partial charge < -0.3 is 14.2 Å². The number of aromatic nitrogens is 1. The van der Waals surface area contributed by atoms with Gasteiger partial charge in [0.1, 0.15) is 6.04 Å². The smallest absolute Gasteiger partial charge is 0.408 e. The molecule has 9 nitrogen and oxygen atoms in total. The van der Waals surface area contributed by atoms with Crippen molar-refractivity contribution in [3.63, 3.8) is 0 Å². The van der Waals surface area contributed by atoms with Gasteiger partial charge in [-0.2, -0.15) is 4.72 Å². The van der Waals surface area contributed by atoms with Gasteiger partial charge in [-0.15, -0.1) is 0 Å². The zero-order valence-electron chi connectivity index (χ0n) is 19.2. The number of aryl methyl sites for hydroxylation is 1. The monoisotopic (exact) mass is 506 g/mol. The van der Waals surface area contributed by atoms with Crippen molar-refractivity contribution in [2.24, 2.45) is 13.0 Å². The summed E-state index contributed by atoms with van der Waals surface area (Å²) in [5.41, 5.74) is 1.64. The first-order valence-corrected chi connectivity index (χ1v) is 12.8. The number of sulfonamides is 1. The molecule has 2 heterocycles. The summed E-state index contributed by atoms with van der Waals surface area (Å²) in [5, 5.41) is 0.651. The third kappa shape index (κ3) is 4.84. The summed E-state index contributed by atoms with van der Waals surface area (Å²) in [6.45, 7) is 5.77. The molecular formula is C23H27ClN4O5S. The molecule has 11 heteroatoms. The molecular weight excluding hydrogens is 480 g/mol. The van der Waals surface area contributed by atoms with Crippen molar-refractivity contribution in [2.75, 3.05) is 31.1 Å². The molecule has 1 aliphatic rings. The van der Waals surface area contributed by atoms with Gasteiger partial charge in [-0.3, -0.25) is 9.36 Å². The SMILES string of the molecule is CC(C)[C@@H](NS(=O)(=O)c1ccc2c(c1)oc(=O)n2C)C(=O)N1CCN(c2cccc(Cl)c2)CC1. The minimum absolute atomic E-state index is 0.0708. The standard InChI is InChI=1S/C23H27ClN4O5S/c1-15(2)21(22(29)28-11-9-27(10-12-28)17-6-4-5-16(24)13-17)25-34(31,32)18-7-8-19-20(14-18)33-23(30)26(19)3/h4-8,13-15,21,25H,9-12H2,1-3H3/t21-/m1/s1. The number of carbonyl (C=O) groups is 1. The minimum Gasteiger partial charge on any atom is -0.408 e. The predicted molar refractivity (Wildman–Crippen MR) is 131 cm³/mol. The first kappa shape index (κ1) is 24.3. The summed E-state index contributed by atoms with van der Waals surface area (Å²) < 4.78 is 35.2. The van der Waals surface area contributed by atoms with E-state index < -0.39 is 21.8 Å². The fourth-order valence-corrected chi connectivity index (χ4v) is 5.58. The Morgan fingerprint density at radius 2 is 1.79 bits per heavy atom. The number of nitrogens with one attached hydrogen (secondary N) is 1. The van der Waals surface area contributed by atoms with Crippen LogP contribution in [0.2, 0.25) is 5.02 Å². The highest BCUT2D eigenvalue weighted by Crippen LogP contribution is 2.22. The van der Waals surface area contributed by atoms with Crippen molar-refractivity contribution in [3.05, 3.63) is 58.0 Å². The normalized spacial score (nSPS) is 15.8. The van der Waals surface area contributed by atoms with Gasteiger partial charge in [0.2, 0.25) is 15.9 Å². The number of nitrogens with zero attached hydrogens (tertiary/aromatic N) is 3. The maximum Gasteiger partial charge on any atom is 0.419 e. The third-order valence-electron chi connectivity index (χ3n) is 6.05. The fraction of sp³-hybridized carbons (Fsp3) is 0.391. The molecule has 0 spiro atoms. The maximum atomic E-state index is 13.3. The number of rotatable bonds is 6. The fourth-order valence-electron chi connectivity index (χ4n) is 4.04. The first-order chi connectivity index (χ1) is 16.1. The van der Waals surface area contributed by atoms with Crippen LogP contribution in [-0.4, -0.2) is 56.0 Å². The van der Waals surface area contributed by atoms with Crippen LogP contribution < -0.4 is 15.4 Å². The average molecular weight is 507 g/mol. The molecule has 1 saturated heterocycles. The minimum atomic E-state index is -4.04. The lowest BCUT2D eigenvalue weighted by atomic mass is 10.0. The Morgan fingerprint density at radius 3 is 2.44 bits per heavy atom. The Kier molecular flexibility index (Phi) is 6.75. The molecule has 1 N–H and O–H groups in total. The molecule has 0 unspecified atom stereocenters. The zero-order chi connectivity index (χ0) is 24.6. The van der Waals surface area contributed by atoms with Crippen molar-refractivity contribution in [2.45, 2.75) is 24.8 Å². The number of fused-ring (bicyclic) bond motifs is 1. The number of oxazole rings is 1. The number of hydrogen-bond donors (Lipinski definition) is 1. The lowest BCUT2D eigenvalue weighted by molar-refractivity contribution is -0.134. The average Bonchev–Trinajstić information content (AvgIpc) is 3.10. The van der Waals surface area contributed by atoms with E-state index in [2.05, 4.69) is 9.62 Å². The summed E-state index contributed by atoms with van der Waals surface area (Å²) in [6, 6.07) is 10.8. The predicted octanol–water partition coefficient (Wildman–Crippen LogP) is 2.44. The number of hydrogen-bond acceptors (Lipinski definition) is 6. The van der Waals surface area contributed by atoms with E-state index in [9.17, 15) is 18.0 Å². The highest BCUT2D eigenvalue weighted by molar-refractivity contribution is 7.89. The van der Waals surface area contributed by atoms with E-state index in [4.69, 9.17) is 16.0 Å². The van der Waals surface area contributed by atoms with E-state index in [1.165, 1.54) is 22.8 Å². The van der Waals surface area contributed by atoms with Crippen molar-refractivity contribution in [1.82, 2.24) is 14.2 Å². The van der Waals surface area contributed by atoms with Crippen LogP contribution in [0.1, 0.15) is 13.8 Å². The molecule has 34 heavy (non-hydrogen) atoms. The number of carbonyl (C=O) groups excluding carboxylic acids is 1. The zero-order valence-corrected chi connectivity index (χ0v) is 20.8. The Bertz CT molecular complexity index is 1370. The molecule has 0 bridgehead atoms. The van der Waals surface area contributed by atoms with Gasteiger partial charge in [0.25, 0.3) is 0 Å². The highest BCUT2D eigenvalue weighted by atomic mass is 35.5.